The molecule has 3 heterocycles. The summed E-state index contributed by atoms with van der Waals surface area (Å²) in [4.78, 5) is 15.0. The molecule has 2 bridgehead atoms. The van der Waals surface area contributed by atoms with Crippen LogP contribution in [0.1, 0.15) is 31.1 Å². The van der Waals surface area contributed by atoms with Gasteiger partial charge in [-0.25, -0.2) is 4.79 Å². The highest BCUT2D eigenvalue weighted by atomic mass is 16.5. The van der Waals surface area contributed by atoms with Gasteiger partial charge in [0.05, 0.1) is 13.2 Å². The SMILES string of the molecule is C/C=C1/CN(C)[C@H]2C[C@@H]1[C@H](C(=O)OC)n1c2cc2ccccc21. The van der Waals surface area contributed by atoms with Crippen LogP contribution in [0.5, 0.6) is 0 Å². The number of aromatic nitrogens is 1. The second-order valence-electron chi connectivity index (χ2n) is 6.60. The van der Waals surface area contributed by atoms with Crippen LogP contribution in [-0.2, 0) is 9.53 Å². The van der Waals surface area contributed by atoms with Crippen LogP contribution in [0, 0.1) is 5.92 Å². The van der Waals surface area contributed by atoms with Crippen molar-refractivity contribution in [1.29, 1.82) is 0 Å². The molecule has 0 spiro atoms. The molecule has 4 rings (SSSR count). The van der Waals surface area contributed by atoms with Crippen LogP contribution >= 0.6 is 0 Å². The lowest BCUT2D eigenvalue weighted by atomic mass is 9.77. The molecule has 1 fully saturated rings. The van der Waals surface area contributed by atoms with E-state index in [1.807, 2.05) is 6.07 Å². The van der Waals surface area contributed by atoms with E-state index in [1.165, 1.54) is 23.8 Å². The van der Waals surface area contributed by atoms with Gasteiger partial charge in [-0.3, -0.25) is 4.90 Å². The second-order valence-corrected chi connectivity index (χ2v) is 6.60. The van der Waals surface area contributed by atoms with Crippen molar-refractivity contribution in [3.8, 4) is 0 Å². The van der Waals surface area contributed by atoms with E-state index in [2.05, 4.69) is 53.8 Å². The van der Waals surface area contributed by atoms with E-state index in [-0.39, 0.29) is 17.9 Å². The normalized spacial score (nSPS) is 28.8. The summed E-state index contributed by atoms with van der Waals surface area (Å²) in [7, 11) is 3.66. The number of allylic oxidation sites excluding steroid dienone is 1. The third-order valence-corrected chi connectivity index (χ3v) is 5.51. The van der Waals surface area contributed by atoms with Gasteiger partial charge >= 0.3 is 5.97 Å². The molecule has 2 aromatic rings. The van der Waals surface area contributed by atoms with Gasteiger partial charge in [0.2, 0.25) is 0 Å². The first-order valence-electron chi connectivity index (χ1n) is 8.18. The quantitative estimate of drug-likeness (QED) is 0.599. The molecule has 1 saturated heterocycles. The highest BCUT2D eigenvalue weighted by molar-refractivity contribution is 5.85. The molecule has 3 atom stereocenters. The maximum atomic E-state index is 12.6. The van der Waals surface area contributed by atoms with Crippen molar-refractivity contribution < 1.29 is 9.53 Å². The summed E-state index contributed by atoms with van der Waals surface area (Å²) in [6, 6.07) is 10.6. The Labute approximate surface area is 136 Å². The Morgan fingerprint density at radius 3 is 2.87 bits per heavy atom. The first-order chi connectivity index (χ1) is 11.2. The van der Waals surface area contributed by atoms with Gasteiger partial charge < -0.3 is 9.30 Å². The average molecular weight is 310 g/mol. The number of ether oxygens (including phenoxy) is 1. The number of likely N-dealkylation sites (tertiary alicyclic amines) is 1. The predicted molar refractivity (Wildman–Crippen MR) is 90.2 cm³/mol. The van der Waals surface area contributed by atoms with Gasteiger partial charge in [0, 0.05) is 23.7 Å². The lowest BCUT2D eigenvalue weighted by Crippen LogP contribution is -2.46. The molecule has 4 nitrogen and oxygen atoms in total. The summed E-state index contributed by atoms with van der Waals surface area (Å²) in [5.74, 6) is 0.0805. The maximum Gasteiger partial charge on any atom is 0.329 e. The molecule has 0 amide bonds. The van der Waals surface area contributed by atoms with Crippen LogP contribution in [0.25, 0.3) is 10.9 Å². The van der Waals surface area contributed by atoms with Gasteiger partial charge in [-0.05, 0) is 37.9 Å². The second kappa shape index (κ2) is 5.24. The third-order valence-electron chi connectivity index (χ3n) is 5.51. The van der Waals surface area contributed by atoms with Crippen molar-refractivity contribution >= 4 is 16.9 Å². The summed E-state index contributed by atoms with van der Waals surface area (Å²) in [5, 5.41) is 1.19. The number of piperidine rings is 1. The third kappa shape index (κ3) is 1.98. The largest absolute Gasteiger partial charge is 0.467 e. The minimum absolute atomic E-state index is 0.139. The standard InChI is InChI=1S/C19H22N2O2/c1-4-12-11-20(2)16-10-14(12)18(19(22)23-3)21-15-8-6-5-7-13(15)9-17(16)21/h4-9,14,16,18H,10-11H2,1-3H3/b12-4-/t14-,16-,18+/m0/s1. The van der Waals surface area contributed by atoms with Crippen molar-refractivity contribution in [1.82, 2.24) is 9.47 Å². The first-order valence-corrected chi connectivity index (χ1v) is 8.18. The molecule has 1 aromatic carbocycles. The Morgan fingerprint density at radius 2 is 2.13 bits per heavy atom. The number of methoxy groups -OCH3 is 1. The molecule has 23 heavy (non-hydrogen) atoms. The van der Waals surface area contributed by atoms with E-state index < -0.39 is 0 Å². The zero-order valence-electron chi connectivity index (χ0n) is 13.8. The van der Waals surface area contributed by atoms with Crippen LogP contribution in [0.3, 0.4) is 0 Å². The Morgan fingerprint density at radius 1 is 1.35 bits per heavy atom. The van der Waals surface area contributed by atoms with Crippen molar-refractivity contribution in [3.63, 3.8) is 0 Å². The van der Waals surface area contributed by atoms with E-state index in [0.29, 0.717) is 6.04 Å². The van der Waals surface area contributed by atoms with Crippen molar-refractivity contribution in [3.05, 3.63) is 47.7 Å². The molecule has 0 saturated carbocycles. The van der Waals surface area contributed by atoms with Crippen LogP contribution in [0.4, 0.5) is 0 Å². The van der Waals surface area contributed by atoms with Gasteiger partial charge in [0.15, 0.2) is 0 Å². The van der Waals surface area contributed by atoms with Gasteiger partial charge in [-0.2, -0.15) is 0 Å². The van der Waals surface area contributed by atoms with E-state index >= 15 is 0 Å². The molecule has 1 aromatic heterocycles. The highest BCUT2D eigenvalue weighted by Crippen LogP contribution is 2.49. The fraction of sp³-hybridized carbons (Fsp3) is 0.421. The molecule has 0 radical (unpaired) electrons. The number of fused-ring (bicyclic) bond motifs is 6. The smallest absolute Gasteiger partial charge is 0.329 e. The minimum Gasteiger partial charge on any atom is -0.467 e. The summed E-state index contributed by atoms with van der Waals surface area (Å²) < 4.78 is 7.40. The fourth-order valence-electron chi connectivity index (χ4n) is 4.41. The number of esters is 1. The topological polar surface area (TPSA) is 34.5 Å². The summed E-state index contributed by atoms with van der Waals surface area (Å²) in [6.07, 6.45) is 3.15. The fourth-order valence-corrected chi connectivity index (χ4v) is 4.41. The molecule has 0 unspecified atom stereocenters. The zero-order valence-corrected chi connectivity index (χ0v) is 13.8. The van der Waals surface area contributed by atoms with Gasteiger partial charge in [0.25, 0.3) is 0 Å². The molecule has 2 aliphatic heterocycles. The molecule has 4 heteroatoms. The summed E-state index contributed by atoms with van der Waals surface area (Å²) in [6.45, 7) is 2.99. The molecule has 120 valence electrons. The van der Waals surface area contributed by atoms with Gasteiger partial charge in [0.1, 0.15) is 6.04 Å². The van der Waals surface area contributed by atoms with Crippen LogP contribution < -0.4 is 0 Å². The first kappa shape index (κ1) is 14.5. The number of hydrogen-bond acceptors (Lipinski definition) is 3. The highest BCUT2D eigenvalue weighted by Gasteiger charge is 2.46. The number of rotatable bonds is 1. The van der Waals surface area contributed by atoms with E-state index in [9.17, 15) is 4.79 Å². The predicted octanol–water partition coefficient (Wildman–Crippen LogP) is 3.31. The number of para-hydroxylation sites is 1. The van der Waals surface area contributed by atoms with Crippen molar-refractivity contribution in [2.24, 2.45) is 5.92 Å². The summed E-state index contributed by atoms with van der Waals surface area (Å²) in [5.41, 5.74) is 3.69. The number of benzene rings is 1. The molecule has 2 aliphatic rings. The minimum atomic E-state index is -0.258. The lowest BCUT2D eigenvalue weighted by molar-refractivity contribution is -0.147. The molecular formula is C19H22N2O2. The van der Waals surface area contributed by atoms with Crippen LogP contribution in [0.15, 0.2) is 42.0 Å². The molecule has 0 aliphatic carbocycles. The maximum absolute atomic E-state index is 12.6. The number of hydrogen-bond donors (Lipinski definition) is 0. The van der Waals surface area contributed by atoms with E-state index in [0.717, 1.165) is 18.5 Å². The molecular weight excluding hydrogens is 288 g/mol. The van der Waals surface area contributed by atoms with E-state index in [4.69, 9.17) is 4.74 Å². The Hall–Kier alpha value is -2.07. The van der Waals surface area contributed by atoms with Crippen LogP contribution in [-0.4, -0.2) is 36.1 Å². The number of carbonyl (C=O) groups excluding carboxylic acids is 1. The summed E-state index contributed by atoms with van der Waals surface area (Å²) >= 11 is 0. The number of nitrogens with zero attached hydrogens (tertiary/aromatic N) is 2. The monoisotopic (exact) mass is 310 g/mol. The number of carbonyl (C=O) groups is 1. The Kier molecular flexibility index (Phi) is 3.31. The average Bonchev–Trinajstić information content (AvgIpc) is 2.96. The lowest BCUT2D eigenvalue weighted by Gasteiger charge is -2.46. The van der Waals surface area contributed by atoms with Crippen LogP contribution in [0.2, 0.25) is 0 Å². The van der Waals surface area contributed by atoms with Gasteiger partial charge in [-0.15, -0.1) is 0 Å². The number of likely N-dealkylation sites (N-methyl/N-ethyl adjacent to an activating group) is 1. The van der Waals surface area contributed by atoms with Crippen molar-refractivity contribution in [2.45, 2.75) is 25.4 Å². The van der Waals surface area contributed by atoms with Crippen molar-refractivity contribution in [2.75, 3.05) is 20.7 Å². The Balaban J connectivity index is 2.00. The zero-order chi connectivity index (χ0) is 16.1. The van der Waals surface area contributed by atoms with Gasteiger partial charge in [-0.1, -0.05) is 29.8 Å². The molecule has 0 N–H and O–H groups in total. The van der Waals surface area contributed by atoms with E-state index in [1.54, 1.807) is 0 Å². The Bertz CT molecular complexity index is 805.